The first-order valence-electron chi connectivity index (χ1n) is 9.57. The van der Waals surface area contributed by atoms with E-state index in [9.17, 15) is 18.0 Å². The monoisotopic (exact) mass is 474 g/mol. The quantitative estimate of drug-likeness (QED) is 0.495. The second kappa shape index (κ2) is 9.84. The number of carbonyl (C=O) groups is 2. The second-order valence-electron chi connectivity index (χ2n) is 6.51. The van der Waals surface area contributed by atoms with E-state index in [0.29, 0.717) is 16.4 Å². The summed E-state index contributed by atoms with van der Waals surface area (Å²) in [6, 6.07) is 13.9. The van der Waals surface area contributed by atoms with Gasteiger partial charge in [0.2, 0.25) is 0 Å². The van der Waals surface area contributed by atoms with Crippen molar-refractivity contribution in [1.29, 1.82) is 0 Å². The number of thiophene rings is 1. The number of nitrogens with one attached hydrogen (secondary N) is 1. The van der Waals surface area contributed by atoms with Crippen LogP contribution in [0.1, 0.15) is 27.6 Å². The molecule has 8 nitrogen and oxygen atoms in total. The molecular formula is C22H22N2O6S2. The van der Waals surface area contributed by atoms with Gasteiger partial charge in [-0.05, 0) is 54.8 Å². The smallest absolute Gasteiger partial charge is 0.341 e. The third-order valence-corrected chi connectivity index (χ3v) is 7.20. The summed E-state index contributed by atoms with van der Waals surface area (Å²) in [4.78, 5) is 24.6. The first-order valence-corrected chi connectivity index (χ1v) is 11.9. The Kier molecular flexibility index (Phi) is 7.16. The van der Waals surface area contributed by atoms with Gasteiger partial charge in [0.1, 0.15) is 10.8 Å². The summed E-state index contributed by atoms with van der Waals surface area (Å²) in [6.07, 6.45) is 0. The summed E-state index contributed by atoms with van der Waals surface area (Å²) in [5.41, 5.74) is 0.899. The molecule has 0 saturated heterocycles. The van der Waals surface area contributed by atoms with Crippen molar-refractivity contribution < 1.29 is 27.5 Å². The maximum absolute atomic E-state index is 13.0. The summed E-state index contributed by atoms with van der Waals surface area (Å²) in [6.45, 7) is 1.92. The van der Waals surface area contributed by atoms with Crippen molar-refractivity contribution in [2.24, 2.45) is 0 Å². The molecule has 1 aromatic heterocycles. The summed E-state index contributed by atoms with van der Waals surface area (Å²) in [5.74, 6) is -0.576. The number of para-hydroxylation sites is 2. The lowest BCUT2D eigenvalue weighted by atomic mass is 10.2. The second-order valence-corrected chi connectivity index (χ2v) is 9.39. The molecule has 1 N–H and O–H groups in total. The molecule has 0 aliphatic carbocycles. The third-order valence-electron chi connectivity index (χ3n) is 4.59. The van der Waals surface area contributed by atoms with E-state index in [1.54, 1.807) is 42.6 Å². The molecule has 3 rings (SSSR count). The number of amides is 1. The standard InChI is InChI=1S/C22H22N2O6S2/c1-4-30-22(26)17-13-14-31-21(17)23-20(25)15-9-11-16(12-10-15)32(27,28)24(2)18-7-5-6-8-19(18)29-3/h5-14H,4H2,1-3H3,(H,23,25). The zero-order chi connectivity index (χ0) is 23.3. The number of sulfonamides is 1. The van der Waals surface area contributed by atoms with Gasteiger partial charge in [0, 0.05) is 12.6 Å². The normalized spacial score (nSPS) is 11.0. The van der Waals surface area contributed by atoms with Gasteiger partial charge < -0.3 is 14.8 Å². The van der Waals surface area contributed by atoms with Crippen LogP contribution in [0.2, 0.25) is 0 Å². The first kappa shape index (κ1) is 23.3. The fraction of sp³-hybridized carbons (Fsp3) is 0.182. The topological polar surface area (TPSA) is 102 Å². The maximum atomic E-state index is 13.0. The highest BCUT2D eigenvalue weighted by Gasteiger charge is 2.24. The van der Waals surface area contributed by atoms with Gasteiger partial charge >= 0.3 is 5.97 Å². The molecule has 0 saturated carbocycles. The highest BCUT2D eigenvalue weighted by atomic mass is 32.2. The van der Waals surface area contributed by atoms with Gasteiger partial charge in [-0.25, -0.2) is 13.2 Å². The number of nitrogens with zero attached hydrogens (tertiary/aromatic N) is 1. The molecule has 0 unspecified atom stereocenters. The van der Waals surface area contributed by atoms with Crippen LogP contribution in [0.15, 0.2) is 64.9 Å². The fourth-order valence-corrected chi connectivity index (χ4v) is 4.88. The van der Waals surface area contributed by atoms with E-state index in [0.717, 1.165) is 4.31 Å². The zero-order valence-corrected chi connectivity index (χ0v) is 19.3. The van der Waals surface area contributed by atoms with Crippen molar-refractivity contribution in [3.8, 4) is 5.75 Å². The SMILES string of the molecule is CCOC(=O)c1ccsc1NC(=O)c1ccc(S(=O)(=O)N(C)c2ccccc2OC)cc1. The van der Waals surface area contributed by atoms with Gasteiger partial charge in [-0.2, -0.15) is 0 Å². The molecule has 0 radical (unpaired) electrons. The van der Waals surface area contributed by atoms with Gasteiger partial charge in [-0.3, -0.25) is 9.10 Å². The van der Waals surface area contributed by atoms with Crippen LogP contribution in [0, 0.1) is 0 Å². The van der Waals surface area contributed by atoms with Crippen LogP contribution < -0.4 is 14.4 Å². The molecular weight excluding hydrogens is 452 g/mol. The van der Waals surface area contributed by atoms with E-state index in [1.807, 2.05) is 0 Å². The number of hydrogen-bond acceptors (Lipinski definition) is 7. The molecule has 0 atom stereocenters. The molecule has 3 aromatic rings. The fourth-order valence-electron chi connectivity index (χ4n) is 2.91. The molecule has 1 amide bonds. The average molecular weight is 475 g/mol. The van der Waals surface area contributed by atoms with Crippen LogP contribution in [0.5, 0.6) is 5.75 Å². The summed E-state index contributed by atoms with van der Waals surface area (Å²) < 4.78 is 37.4. The Hall–Kier alpha value is -3.37. The van der Waals surface area contributed by atoms with Gasteiger partial charge in [0.05, 0.1) is 29.9 Å². The van der Waals surface area contributed by atoms with Crippen LogP contribution in [0.4, 0.5) is 10.7 Å². The molecule has 10 heteroatoms. The number of esters is 1. The Morgan fingerprint density at radius 3 is 2.41 bits per heavy atom. The van der Waals surface area contributed by atoms with E-state index in [-0.39, 0.29) is 22.6 Å². The van der Waals surface area contributed by atoms with Crippen molar-refractivity contribution in [2.45, 2.75) is 11.8 Å². The van der Waals surface area contributed by atoms with Gasteiger partial charge in [0.25, 0.3) is 15.9 Å². The number of anilines is 2. The Labute approximate surface area is 190 Å². The number of ether oxygens (including phenoxy) is 2. The number of hydrogen-bond donors (Lipinski definition) is 1. The molecule has 0 aliphatic heterocycles. The third kappa shape index (κ3) is 4.76. The zero-order valence-electron chi connectivity index (χ0n) is 17.7. The minimum atomic E-state index is -3.88. The number of carbonyl (C=O) groups excluding carboxylic acids is 2. The van der Waals surface area contributed by atoms with Gasteiger partial charge in [-0.15, -0.1) is 11.3 Å². The highest BCUT2D eigenvalue weighted by Crippen LogP contribution is 2.31. The molecule has 0 bridgehead atoms. The minimum absolute atomic E-state index is 0.0193. The van der Waals surface area contributed by atoms with Crippen molar-refractivity contribution in [1.82, 2.24) is 0 Å². The first-order chi connectivity index (χ1) is 15.3. The molecule has 0 aliphatic rings. The van der Waals surface area contributed by atoms with Crippen LogP contribution in [0.3, 0.4) is 0 Å². The van der Waals surface area contributed by atoms with Crippen LogP contribution in [0.25, 0.3) is 0 Å². The van der Waals surface area contributed by atoms with Crippen LogP contribution in [-0.4, -0.2) is 41.1 Å². The minimum Gasteiger partial charge on any atom is -0.495 e. The van der Waals surface area contributed by atoms with Crippen molar-refractivity contribution >= 4 is 43.9 Å². The summed E-state index contributed by atoms with van der Waals surface area (Å²) in [5, 5.41) is 4.70. The Morgan fingerprint density at radius 1 is 1.06 bits per heavy atom. The number of rotatable bonds is 8. The highest BCUT2D eigenvalue weighted by molar-refractivity contribution is 7.92. The number of benzene rings is 2. The number of methoxy groups -OCH3 is 1. The van der Waals surface area contributed by atoms with Crippen molar-refractivity contribution in [3.63, 3.8) is 0 Å². The molecule has 0 fully saturated rings. The summed E-state index contributed by atoms with van der Waals surface area (Å²) >= 11 is 1.19. The Balaban J connectivity index is 1.79. The Morgan fingerprint density at radius 2 is 1.75 bits per heavy atom. The average Bonchev–Trinajstić information content (AvgIpc) is 3.27. The van der Waals surface area contributed by atoms with Crippen LogP contribution >= 0.6 is 11.3 Å². The van der Waals surface area contributed by atoms with Gasteiger partial charge in [0.15, 0.2) is 0 Å². The van der Waals surface area contributed by atoms with E-state index in [2.05, 4.69) is 5.32 Å². The van der Waals surface area contributed by atoms with Crippen LogP contribution in [-0.2, 0) is 14.8 Å². The van der Waals surface area contributed by atoms with E-state index in [4.69, 9.17) is 9.47 Å². The molecule has 2 aromatic carbocycles. The van der Waals surface area contributed by atoms with Crippen molar-refractivity contribution in [2.75, 3.05) is 30.4 Å². The Bertz CT molecular complexity index is 1220. The van der Waals surface area contributed by atoms with Crippen molar-refractivity contribution in [3.05, 3.63) is 71.1 Å². The predicted molar refractivity (Wildman–Crippen MR) is 123 cm³/mol. The predicted octanol–water partition coefficient (Wildman–Crippen LogP) is 4.01. The molecule has 1 heterocycles. The lowest BCUT2D eigenvalue weighted by molar-refractivity contribution is 0.0528. The molecule has 0 spiro atoms. The van der Waals surface area contributed by atoms with Gasteiger partial charge in [-0.1, -0.05) is 12.1 Å². The largest absolute Gasteiger partial charge is 0.495 e. The molecule has 168 valence electrons. The maximum Gasteiger partial charge on any atom is 0.341 e. The van der Waals surface area contributed by atoms with E-state index < -0.39 is 21.9 Å². The lowest BCUT2D eigenvalue weighted by Gasteiger charge is -2.21. The van der Waals surface area contributed by atoms with E-state index in [1.165, 1.54) is 49.8 Å². The summed E-state index contributed by atoms with van der Waals surface area (Å²) in [7, 11) is -0.981. The van der Waals surface area contributed by atoms with E-state index >= 15 is 0 Å². The lowest BCUT2D eigenvalue weighted by Crippen LogP contribution is -2.27. The molecule has 32 heavy (non-hydrogen) atoms.